The van der Waals surface area contributed by atoms with Gasteiger partial charge in [-0.15, -0.1) is 5.10 Å². The zero-order valence-corrected chi connectivity index (χ0v) is 9.76. The van der Waals surface area contributed by atoms with Crippen molar-refractivity contribution in [1.82, 2.24) is 14.8 Å². The predicted molar refractivity (Wildman–Crippen MR) is 59.2 cm³/mol. The molecule has 1 rings (SSSR count). The molecule has 0 amide bonds. The van der Waals surface area contributed by atoms with Crippen molar-refractivity contribution in [2.45, 2.75) is 38.4 Å². The molecule has 0 unspecified atom stereocenters. The summed E-state index contributed by atoms with van der Waals surface area (Å²) in [7, 11) is 0. The number of aromatic nitrogens is 3. The number of hydrogen-bond donors (Lipinski definition) is 1. The van der Waals surface area contributed by atoms with Crippen LogP contribution in [0.3, 0.4) is 0 Å². The molecular formula is C9H15N3O2S. The van der Waals surface area contributed by atoms with Gasteiger partial charge in [-0.05, 0) is 13.3 Å². The molecule has 0 spiro atoms. The lowest BCUT2D eigenvalue weighted by atomic mass is 10.3. The van der Waals surface area contributed by atoms with E-state index >= 15 is 0 Å². The van der Waals surface area contributed by atoms with Gasteiger partial charge in [-0.1, -0.05) is 18.7 Å². The highest BCUT2D eigenvalue weighted by molar-refractivity contribution is 7.99. The summed E-state index contributed by atoms with van der Waals surface area (Å²) in [6.45, 7) is 4.41. The second-order valence-corrected chi connectivity index (χ2v) is 4.08. The van der Waals surface area contributed by atoms with Gasteiger partial charge < -0.3 is 0 Å². The van der Waals surface area contributed by atoms with Gasteiger partial charge in [0.1, 0.15) is 5.78 Å². The number of thioether (sulfide) groups is 1. The lowest BCUT2D eigenvalue weighted by Crippen LogP contribution is -2.16. The Labute approximate surface area is 92.3 Å². The van der Waals surface area contributed by atoms with Crippen LogP contribution in [-0.2, 0) is 11.3 Å². The number of rotatable bonds is 6. The van der Waals surface area contributed by atoms with Crippen molar-refractivity contribution in [2.75, 3.05) is 5.75 Å². The Morgan fingerprint density at radius 1 is 1.53 bits per heavy atom. The lowest BCUT2D eigenvalue weighted by molar-refractivity contribution is -0.116. The molecule has 1 heterocycles. The van der Waals surface area contributed by atoms with E-state index in [1.165, 1.54) is 16.3 Å². The molecule has 1 aromatic rings. The minimum Gasteiger partial charge on any atom is -0.299 e. The Morgan fingerprint density at radius 3 is 2.87 bits per heavy atom. The van der Waals surface area contributed by atoms with Gasteiger partial charge in [-0.2, -0.15) is 0 Å². The molecule has 1 N–H and O–H groups in total. The third-order valence-electron chi connectivity index (χ3n) is 1.93. The Bertz CT molecular complexity index is 383. The zero-order valence-electron chi connectivity index (χ0n) is 8.95. The monoisotopic (exact) mass is 229 g/mol. The summed E-state index contributed by atoms with van der Waals surface area (Å²) >= 11 is 1.31. The van der Waals surface area contributed by atoms with Crippen LogP contribution in [0.5, 0.6) is 0 Å². The summed E-state index contributed by atoms with van der Waals surface area (Å²) in [4.78, 5) is 22.5. The molecule has 1 aromatic heterocycles. The molecule has 6 heteroatoms. The normalized spacial score (nSPS) is 10.5. The number of aromatic amines is 1. The fourth-order valence-electron chi connectivity index (χ4n) is 1.19. The summed E-state index contributed by atoms with van der Waals surface area (Å²) in [5, 5.41) is 6.81. The van der Waals surface area contributed by atoms with Crippen molar-refractivity contribution in [3.63, 3.8) is 0 Å². The third kappa shape index (κ3) is 3.23. The number of carbonyl (C=O) groups is 1. The molecule has 0 aliphatic carbocycles. The van der Waals surface area contributed by atoms with Crippen LogP contribution >= 0.6 is 11.8 Å². The van der Waals surface area contributed by atoms with Crippen LogP contribution in [0.4, 0.5) is 0 Å². The fraction of sp³-hybridized carbons (Fsp3) is 0.667. The van der Waals surface area contributed by atoms with Gasteiger partial charge in [-0.25, -0.2) is 9.89 Å². The zero-order chi connectivity index (χ0) is 11.3. The van der Waals surface area contributed by atoms with Gasteiger partial charge in [0.25, 0.3) is 0 Å². The second kappa shape index (κ2) is 5.75. The molecule has 0 saturated carbocycles. The number of hydrogen-bond acceptors (Lipinski definition) is 4. The van der Waals surface area contributed by atoms with Crippen molar-refractivity contribution in [2.24, 2.45) is 0 Å². The van der Waals surface area contributed by atoms with Gasteiger partial charge >= 0.3 is 5.69 Å². The predicted octanol–water partition coefficient (Wildman–Crippen LogP) is 1.05. The van der Waals surface area contributed by atoms with Crippen LogP contribution in [0.1, 0.15) is 26.7 Å². The van der Waals surface area contributed by atoms with E-state index in [1.54, 1.807) is 0 Å². The van der Waals surface area contributed by atoms with E-state index in [0.29, 0.717) is 23.9 Å². The van der Waals surface area contributed by atoms with Gasteiger partial charge in [-0.3, -0.25) is 9.36 Å². The van der Waals surface area contributed by atoms with E-state index in [-0.39, 0.29) is 11.5 Å². The van der Waals surface area contributed by atoms with Crippen molar-refractivity contribution in [3.8, 4) is 0 Å². The van der Waals surface area contributed by atoms with E-state index in [0.717, 1.165) is 6.42 Å². The fourth-order valence-corrected chi connectivity index (χ4v) is 2.10. The molecule has 0 radical (unpaired) electrons. The second-order valence-electron chi connectivity index (χ2n) is 3.13. The first-order valence-corrected chi connectivity index (χ1v) is 5.97. The number of carbonyl (C=O) groups excluding carboxylic acids is 1. The maximum Gasteiger partial charge on any atom is 0.343 e. The van der Waals surface area contributed by atoms with Crippen molar-refractivity contribution in [3.05, 3.63) is 10.5 Å². The summed E-state index contributed by atoms with van der Waals surface area (Å²) in [6.07, 6.45) is 1.45. The van der Waals surface area contributed by atoms with Crippen LogP contribution in [0, 0.1) is 0 Å². The van der Waals surface area contributed by atoms with E-state index < -0.39 is 0 Å². The van der Waals surface area contributed by atoms with Gasteiger partial charge in [0.05, 0.1) is 5.75 Å². The number of nitrogens with one attached hydrogen (secondary N) is 1. The molecule has 0 atom stereocenters. The molecular weight excluding hydrogens is 214 g/mol. The van der Waals surface area contributed by atoms with Crippen LogP contribution < -0.4 is 5.69 Å². The number of ketones is 1. The largest absolute Gasteiger partial charge is 0.343 e. The summed E-state index contributed by atoms with van der Waals surface area (Å²) in [5.41, 5.74) is -0.219. The average molecular weight is 229 g/mol. The van der Waals surface area contributed by atoms with E-state index in [1.807, 2.05) is 13.8 Å². The summed E-state index contributed by atoms with van der Waals surface area (Å²) < 4.78 is 1.52. The topological polar surface area (TPSA) is 67.8 Å². The molecule has 15 heavy (non-hydrogen) atoms. The SMILES string of the molecule is CCCC(=O)CSc1n[nH]c(=O)n1CC. The number of Topliss-reactive ketones (excluding diaryl/α,β-unsaturated/α-hetero) is 1. The molecule has 84 valence electrons. The lowest BCUT2D eigenvalue weighted by Gasteiger charge is -2.00. The first kappa shape index (κ1) is 12.0. The quantitative estimate of drug-likeness (QED) is 0.740. The molecule has 0 saturated heterocycles. The maximum atomic E-state index is 11.3. The van der Waals surface area contributed by atoms with E-state index in [9.17, 15) is 9.59 Å². The van der Waals surface area contributed by atoms with Crippen LogP contribution in [0.2, 0.25) is 0 Å². The summed E-state index contributed by atoms with van der Waals surface area (Å²) in [5.74, 6) is 0.582. The van der Waals surface area contributed by atoms with Gasteiger partial charge in [0.2, 0.25) is 0 Å². The Balaban J connectivity index is 2.57. The van der Waals surface area contributed by atoms with Crippen molar-refractivity contribution < 1.29 is 4.79 Å². The maximum absolute atomic E-state index is 11.3. The van der Waals surface area contributed by atoms with Gasteiger partial charge in [0.15, 0.2) is 5.16 Å². The van der Waals surface area contributed by atoms with Gasteiger partial charge in [0, 0.05) is 13.0 Å². The minimum atomic E-state index is -0.219. The highest BCUT2D eigenvalue weighted by atomic mass is 32.2. The Morgan fingerprint density at radius 2 is 2.27 bits per heavy atom. The van der Waals surface area contributed by atoms with E-state index in [2.05, 4.69) is 10.2 Å². The van der Waals surface area contributed by atoms with E-state index in [4.69, 9.17) is 0 Å². The molecule has 0 aromatic carbocycles. The molecule has 5 nitrogen and oxygen atoms in total. The molecule has 0 fully saturated rings. The molecule has 0 aliphatic heterocycles. The first-order chi connectivity index (χ1) is 7.19. The van der Waals surface area contributed by atoms with Crippen LogP contribution in [-0.4, -0.2) is 26.3 Å². The first-order valence-electron chi connectivity index (χ1n) is 4.98. The highest BCUT2D eigenvalue weighted by Gasteiger charge is 2.09. The molecule has 0 bridgehead atoms. The average Bonchev–Trinajstić information content (AvgIpc) is 2.56. The van der Waals surface area contributed by atoms with Crippen molar-refractivity contribution >= 4 is 17.5 Å². The number of H-pyrrole nitrogens is 1. The smallest absolute Gasteiger partial charge is 0.299 e. The Hall–Kier alpha value is -1.04. The highest BCUT2D eigenvalue weighted by Crippen LogP contribution is 2.13. The molecule has 0 aliphatic rings. The van der Waals surface area contributed by atoms with Crippen LogP contribution in [0.15, 0.2) is 9.95 Å². The Kier molecular flexibility index (Phi) is 4.61. The third-order valence-corrected chi connectivity index (χ3v) is 2.97. The number of nitrogens with zero attached hydrogens (tertiary/aromatic N) is 2. The standard InChI is InChI=1S/C9H15N3O2S/c1-3-5-7(13)6-15-9-11-10-8(14)12(9)4-2/h3-6H2,1-2H3,(H,10,14). The van der Waals surface area contributed by atoms with Crippen molar-refractivity contribution in [1.29, 1.82) is 0 Å². The van der Waals surface area contributed by atoms with Crippen LogP contribution in [0.25, 0.3) is 0 Å². The summed E-state index contributed by atoms with van der Waals surface area (Å²) in [6, 6.07) is 0. The minimum absolute atomic E-state index is 0.195.